The van der Waals surface area contributed by atoms with Crippen molar-refractivity contribution in [3.8, 4) is 0 Å². The lowest BCUT2D eigenvalue weighted by atomic mass is 10.3. The molecule has 0 amide bonds. The van der Waals surface area contributed by atoms with Gasteiger partial charge in [0.1, 0.15) is 5.84 Å². The molecule has 0 fully saturated rings. The standard InChI is InChI=1S/C8H8ClN3O2S/c9-4-8(10)11-6-2-1-5(12(13)14)3-7(6)15/h1-3,15H,4H2,(H2,10,11). The first-order chi connectivity index (χ1) is 7.04. The van der Waals surface area contributed by atoms with Crippen molar-refractivity contribution in [3.63, 3.8) is 0 Å². The number of non-ortho nitro benzene ring substituents is 1. The summed E-state index contributed by atoms with van der Waals surface area (Å²) in [7, 11) is 0. The second-order valence-corrected chi connectivity index (χ2v) is 3.42. The molecule has 7 heteroatoms. The minimum atomic E-state index is -0.502. The minimum Gasteiger partial charge on any atom is -0.386 e. The zero-order valence-electron chi connectivity index (χ0n) is 7.55. The number of amidine groups is 1. The normalized spacial score (nSPS) is 11.5. The number of nitro benzene ring substituents is 1. The second kappa shape index (κ2) is 4.99. The molecule has 0 radical (unpaired) electrons. The monoisotopic (exact) mass is 245 g/mol. The highest BCUT2D eigenvalue weighted by atomic mass is 35.5. The third kappa shape index (κ3) is 3.10. The summed E-state index contributed by atoms with van der Waals surface area (Å²) in [6.07, 6.45) is 0. The average molecular weight is 246 g/mol. The van der Waals surface area contributed by atoms with Crippen LogP contribution in [-0.4, -0.2) is 16.6 Å². The number of thiol groups is 1. The van der Waals surface area contributed by atoms with Crippen molar-refractivity contribution in [1.29, 1.82) is 0 Å². The maximum Gasteiger partial charge on any atom is 0.270 e. The number of rotatable bonds is 3. The van der Waals surface area contributed by atoms with Gasteiger partial charge in [0.2, 0.25) is 0 Å². The van der Waals surface area contributed by atoms with Crippen LogP contribution in [0.25, 0.3) is 0 Å². The number of nitro groups is 1. The number of hydrogen-bond donors (Lipinski definition) is 2. The molecule has 0 saturated heterocycles. The van der Waals surface area contributed by atoms with Gasteiger partial charge in [-0.3, -0.25) is 10.1 Å². The lowest BCUT2D eigenvalue weighted by Gasteiger charge is -2.00. The van der Waals surface area contributed by atoms with Crippen molar-refractivity contribution in [1.82, 2.24) is 0 Å². The second-order valence-electron chi connectivity index (χ2n) is 2.67. The van der Waals surface area contributed by atoms with Crippen molar-refractivity contribution < 1.29 is 4.92 Å². The van der Waals surface area contributed by atoms with Gasteiger partial charge in [-0.25, -0.2) is 4.99 Å². The molecule has 0 spiro atoms. The quantitative estimate of drug-likeness (QED) is 0.214. The molecular formula is C8H8ClN3O2S. The van der Waals surface area contributed by atoms with E-state index in [1.54, 1.807) is 0 Å². The number of nitrogens with two attached hydrogens (primary N) is 1. The van der Waals surface area contributed by atoms with Gasteiger partial charge in [0, 0.05) is 17.0 Å². The predicted octanol–water partition coefficient (Wildman–Crippen LogP) is 2.11. The first-order valence-electron chi connectivity index (χ1n) is 3.91. The van der Waals surface area contributed by atoms with E-state index in [0.717, 1.165) is 0 Å². The number of alkyl halides is 1. The molecule has 0 aliphatic heterocycles. The highest BCUT2D eigenvalue weighted by Gasteiger charge is 2.08. The van der Waals surface area contributed by atoms with Crippen LogP contribution in [0.4, 0.5) is 11.4 Å². The third-order valence-corrected chi connectivity index (χ3v) is 2.20. The van der Waals surface area contributed by atoms with Crippen LogP contribution in [0.2, 0.25) is 0 Å². The van der Waals surface area contributed by atoms with Gasteiger partial charge in [-0.1, -0.05) is 0 Å². The molecule has 15 heavy (non-hydrogen) atoms. The summed E-state index contributed by atoms with van der Waals surface area (Å²) in [5, 5.41) is 10.4. The summed E-state index contributed by atoms with van der Waals surface area (Å²) in [6.45, 7) is 0. The fourth-order valence-electron chi connectivity index (χ4n) is 0.905. The molecule has 0 unspecified atom stereocenters. The van der Waals surface area contributed by atoms with Crippen LogP contribution in [0, 0.1) is 10.1 Å². The average Bonchev–Trinajstić information content (AvgIpc) is 2.20. The van der Waals surface area contributed by atoms with E-state index in [4.69, 9.17) is 17.3 Å². The van der Waals surface area contributed by atoms with Crippen LogP contribution in [0.15, 0.2) is 28.1 Å². The van der Waals surface area contributed by atoms with E-state index in [0.29, 0.717) is 10.6 Å². The van der Waals surface area contributed by atoms with Gasteiger partial charge in [-0.05, 0) is 6.07 Å². The molecule has 2 N–H and O–H groups in total. The van der Waals surface area contributed by atoms with Gasteiger partial charge in [0.15, 0.2) is 0 Å². The van der Waals surface area contributed by atoms with Crippen molar-refractivity contribution in [2.75, 3.05) is 5.88 Å². The molecule has 0 aliphatic carbocycles. The van der Waals surface area contributed by atoms with E-state index in [2.05, 4.69) is 17.6 Å². The fourth-order valence-corrected chi connectivity index (χ4v) is 1.22. The van der Waals surface area contributed by atoms with Gasteiger partial charge in [-0.15, -0.1) is 24.2 Å². The number of hydrogen-bond acceptors (Lipinski definition) is 4. The summed E-state index contributed by atoms with van der Waals surface area (Å²) in [6, 6.07) is 4.11. The molecular weight excluding hydrogens is 238 g/mol. The van der Waals surface area contributed by atoms with E-state index in [1.165, 1.54) is 18.2 Å². The SMILES string of the molecule is NC(CCl)=Nc1ccc([N+](=O)[O-])cc1S. The number of nitrogens with zero attached hydrogens (tertiary/aromatic N) is 2. The zero-order valence-corrected chi connectivity index (χ0v) is 9.20. The van der Waals surface area contributed by atoms with E-state index in [-0.39, 0.29) is 17.4 Å². The molecule has 0 saturated carbocycles. The number of aliphatic imine (C=N–C) groups is 1. The Balaban J connectivity index is 3.09. The molecule has 0 heterocycles. The zero-order chi connectivity index (χ0) is 11.4. The highest BCUT2D eigenvalue weighted by Crippen LogP contribution is 2.27. The number of benzene rings is 1. The Morgan fingerprint density at radius 2 is 2.33 bits per heavy atom. The predicted molar refractivity (Wildman–Crippen MR) is 62.4 cm³/mol. The Bertz CT molecular complexity index is 422. The van der Waals surface area contributed by atoms with E-state index in [1.807, 2.05) is 0 Å². The topological polar surface area (TPSA) is 81.5 Å². The van der Waals surface area contributed by atoms with Crippen LogP contribution in [0.5, 0.6) is 0 Å². The Labute approximate surface area is 96.5 Å². The molecule has 80 valence electrons. The largest absolute Gasteiger partial charge is 0.386 e. The Morgan fingerprint density at radius 3 is 2.80 bits per heavy atom. The smallest absolute Gasteiger partial charge is 0.270 e. The van der Waals surface area contributed by atoms with Crippen LogP contribution in [-0.2, 0) is 0 Å². The molecule has 0 aromatic heterocycles. The van der Waals surface area contributed by atoms with Gasteiger partial charge in [0.25, 0.3) is 5.69 Å². The summed E-state index contributed by atoms with van der Waals surface area (Å²) in [5.74, 6) is 0.338. The van der Waals surface area contributed by atoms with Gasteiger partial charge < -0.3 is 5.73 Å². The fraction of sp³-hybridized carbons (Fsp3) is 0.125. The lowest BCUT2D eigenvalue weighted by Crippen LogP contribution is -2.12. The van der Waals surface area contributed by atoms with E-state index in [9.17, 15) is 10.1 Å². The highest BCUT2D eigenvalue weighted by molar-refractivity contribution is 7.80. The molecule has 5 nitrogen and oxygen atoms in total. The molecule has 0 bridgehead atoms. The molecule has 0 aliphatic rings. The first-order valence-corrected chi connectivity index (χ1v) is 4.89. The number of halogens is 1. The molecule has 1 aromatic carbocycles. The minimum absolute atomic E-state index is 0.0385. The van der Waals surface area contributed by atoms with Crippen LogP contribution in [0.3, 0.4) is 0 Å². The van der Waals surface area contributed by atoms with E-state index >= 15 is 0 Å². The Morgan fingerprint density at radius 1 is 1.67 bits per heavy atom. The van der Waals surface area contributed by atoms with Gasteiger partial charge in [0.05, 0.1) is 16.5 Å². The molecule has 1 rings (SSSR count). The summed E-state index contributed by atoms with van der Waals surface area (Å²) >= 11 is 9.51. The van der Waals surface area contributed by atoms with Gasteiger partial charge >= 0.3 is 0 Å². The molecule has 0 atom stereocenters. The third-order valence-electron chi connectivity index (χ3n) is 1.57. The Hall–Kier alpha value is -1.27. The first kappa shape index (κ1) is 11.8. The maximum atomic E-state index is 10.4. The molecule has 1 aromatic rings. The van der Waals surface area contributed by atoms with E-state index < -0.39 is 4.92 Å². The van der Waals surface area contributed by atoms with Crippen molar-refractivity contribution in [3.05, 3.63) is 28.3 Å². The lowest BCUT2D eigenvalue weighted by molar-refractivity contribution is -0.385. The summed E-state index contributed by atoms with van der Waals surface area (Å²) in [5.41, 5.74) is 5.84. The van der Waals surface area contributed by atoms with Crippen molar-refractivity contribution >= 4 is 41.4 Å². The van der Waals surface area contributed by atoms with Crippen LogP contribution < -0.4 is 5.73 Å². The van der Waals surface area contributed by atoms with Crippen molar-refractivity contribution in [2.24, 2.45) is 10.7 Å². The van der Waals surface area contributed by atoms with Gasteiger partial charge in [-0.2, -0.15) is 0 Å². The summed E-state index contributed by atoms with van der Waals surface area (Å²) < 4.78 is 0. The van der Waals surface area contributed by atoms with Crippen molar-refractivity contribution in [2.45, 2.75) is 4.90 Å². The van der Waals surface area contributed by atoms with Crippen LogP contribution >= 0.6 is 24.2 Å². The Kier molecular flexibility index (Phi) is 3.93. The van der Waals surface area contributed by atoms with Crippen LogP contribution in [0.1, 0.15) is 0 Å². The summed E-state index contributed by atoms with van der Waals surface area (Å²) in [4.78, 5) is 14.3. The maximum absolute atomic E-state index is 10.4.